The van der Waals surface area contributed by atoms with Crippen molar-refractivity contribution in [2.24, 2.45) is 12.8 Å². The van der Waals surface area contributed by atoms with Crippen LogP contribution in [0.2, 0.25) is 0 Å². The molecule has 2 N–H and O–H groups in total. The van der Waals surface area contributed by atoms with Crippen molar-refractivity contribution >= 4 is 11.3 Å². The van der Waals surface area contributed by atoms with Gasteiger partial charge in [-0.2, -0.15) is 5.10 Å². The second kappa shape index (κ2) is 5.44. The van der Waals surface area contributed by atoms with Gasteiger partial charge in [0.25, 0.3) is 0 Å². The average Bonchev–Trinajstić information content (AvgIpc) is 2.88. The molecule has 17 heavy (non-hydrogen) atoms. The predicted octanol–water partition coefficient (Wildman–Crippen LogP) is 1.57. The van der Waals surface area contributed by atoms with E-state index in [0.717, 1.165) is 13.1 Å². The first-order chi connectivity index (χ1) is 8.17. The van der Waals surface area contributed by atoms with Gasteiger partial charge in [-0.1, -0.05) is 0 Å². The van der Waals surface area contributed by atoms with Crippen LogP contribution in [0.1, 0.15) is 15.3 Å². The lowest BCUT2D eigenvalue weighted by atomic mass is 10.3. The number of thiophene rings is 1. The molecule has 2 rings (SSSR count). The molecule has 0 aliphatic heterocycles. The van der Waals surface area contributed by atoms with E-state index >= 15 is 0 Å². The molecule has 2 heterocycles. The molecule has 0 bridgehead atoms. The van der Waals surface area contributed by atoms with Gasteiger partial charge in [0, 0.05) is 48.2 Å². The molecule has 2 aromatic heterocycles. The van der Waals surface area contributed by atoms with Crippen molar-refractivity contribution in [1.29, 1.82) is 0 Å². The number of aryl methyl sites for hydroxylation is 1. The summed E-state index contributed by atoms with van der Waals surface area (Å²) < 4.78 is 1.83. The normalized spacial score (nSPS) is 11.3. The first kappa shape index (κ1) is 12.3. The van der Waals surface area contributed by atoms with Gasteiger partial charge in [-0.3, -0.25) is 9.58 Å². The van der Waals surface area contributed by atoms with Gasteiger partial charge in [0.05, 0.1) is 6.20 Å². The van der Waals surface area contributed by atoms with Gasteiger partial charge in [-0.15, -0.1) is 11.3 Å². The summed E-state index contributed by atoms with van der Waals surface area (Å²) >= 11 is 1.79. The Kier molecular flexibility index (Phi) is 3.93. The molecule has 0 aliphatic carbocycles. The molecule has 4 nitrogen and oxygen atoms in total. The zero-order valence-electron chi connectivity index (χ0n) is 10.3. The largest absolute Gasteiger partial charge is 0.326 e. The maximum absolute atomic E-state index is 5.61. The first-order valence-corrected chi connectivity index (χ1v) is 6.42. The standard InChI is InChI=1S/C12H18N4S/c1-15(7-10-6-14-16(2)8-10)9-12-4-3-11(5-13)17-12/h3-4,6,8H,5,7,9,13H2,1-2H3. The van der Waals surface area contributed by atoms with Crippen molar-refractivity contribution in [1.82, 2.24) is 14.7 Å². The molecule has 0 saturated carbocycles. The Morgan fingerprint density at radius 3 is 2.71 bits per heavy atom. The maximum atomic E-state index is 5.61. The Labute approximate surface area is 106 Å². The summed E-state index contributed by atoms with van der Waals surface area (Å²) in [5.41, 5.74) is 6.85. The van der Waals surface area contributed by atoms with E-state index in [9.17, 15) is 0 Å². The number of hydrogen-bond acceptors (Lipinski definition) is 4. The van der Waals surface area contributed by atoms with Crippen molar-refractivity contribution in [2.75, 3.05) is 7.05 Å². The van der Waals surface area contributed by atoms with Crippen LogP contribution in [-0.2, 0) is 26.7 Å². The van der Waals surface area contributed by atoms with E-state index in [1.165, 1.54) is 15.3 Å². The fraction of sp³-hybridized carbons (Fsp3) is 0.417. The first-order valence-electron chi connectivity index (χ1n) is 5.61. The topological polar surface area (TPSA) is 47.1 Å². The molecule has 0 aliphatic rings. The molecular weight excluding hydrogens is 232 g/mol. The van der Waals surface area contributed by atoms with Crippen molar-refractivity contribution < 1.29 is 0 Å². The number of aromatic nitrogens is 2. The molecule has 0 spiro atoms. The molecular formula is C12H18N4S. The van der Waals surface area contributed by atoms with Crippen LogP contribution in [0, 0.1) is 0 Å². The van der Waals surface area contributed by atoms with Gasteiger partial charge >= 0.3 is 0 Å². The molecule has 0 fully saturated rings. The van der Waals surface area contributed by atoms with Gasteiger partial charge in [-0.05, 0) is 19.2 Å². The molecule has 0 unspecified atom stereocenters. The zero-order chi connectivity index (χ0) is 12.3. The van der Waals surface area contributed by atoms with Crippen molar-refractivity contribution in [3.63, 3.8) is 0 Å². The van der Waals surface area contributed by atoms with E-state index in [1.54, 1.807) is 11.3 Å². The minimum absolute atomic E-state index is 0.636. The second-order valence-corrected chi connectivity index (χ2v) is 5.52. The highest BCUT2D eigenvalue weighted by molar-refractivity contribution is 7.11. The van der Waals surface area contributed by atoms with Crippen LogP contribution in [-0.4, -0.2) is 21.7 Å². The molecule has 0 atom stereocenters. The van der Waals surface area contributed by atoms with E-state index in [-0.39, 0.29) is 0 Å². The van der Waals surface area contributed by atoms with Crippen molar-refractivity contribution in [3.05, 3.63) is 39.8 Å². The number of nitrogens with two attached hydrogens (primary N) is 1. The molecule has 5 heteroatoms. The molecule has 0 radical (unpaired) electrons. The zero-order valence-corrected chi connectivity index (χ0v) is 11.1. The van der Waals surface area contributed by atoms with Crippen molar-refractivity contribution in [2.45, 2.75) is 19.6 Å². The highest BCUT2D eigenvalue weighted by Crippen LogP contribution is 2.18. The summed E-state index contributed by atoms with van der Waals surface area (Å²) in [6.07, 6.45) is 3.96. The predicted molar refractivity (Wildman–Crippen MR) is 70.6 cm³/mol. The minimum atomic E-state index is 0.636. The van der Waals surface area contributed by atoms with E-state index < -0.39 is 0 Å². The SMILES string of the molecule is CN(Cc1cnn(C)c1)Cc1ccc(CN)s1. The van der Waals surface area contributed by atoms with Gasteiger partial charge in [-0.25, -0.2) is 0 Å². The summed E-state index contributed by atoms with van der Waals surface area (Å²) in [5, 5.41) is 4.17. The van der Waals surface area contributed by atoms with E-state index in [1.807, 2.05) is 17.9 Å². The number of rotatable bonds is 5. The Hall–Kier alpha value is -1.17. The average molecular weight is 250 g/mol. The Morgan fingerprint density at radius 2 is 2.12 bits per heavy atom. The number of hydrogen-bond donors (Lipinski definition) is 1. The molecule has 2 aromatic rings. The lowest BCUT2D eigenvalue weighted by Crippen LogP contribution is -2.16. The Bertz CT molecular complexity index is 474. The molecule has 92 valence electrons. The quantitative estimate of drug-likeness (QED) is 0.876. The van der Waals surface area contributed by atoms with Crippen molar-refractivity contribution in [3.8, 4) is 0 Å². The summed E-state index contributed by atoms with van der Waals surface area (Å²) in [6.45, 7) is 2.51. The monoisotopic (exact) mass is 250 g/mol. The lowest BCUT2D eigenvalue weighted by molar-refractivity contribution is 0.322. The van der Waals surface area contributed by atoms with Gasteiger partial charge in [0.2, 0.25) is 0 Å². The van der Waals surface area contributed by atoms with E-state index in [0.29, 0.717) is 6.54 Å². The Balaban J connectivity index is 1.90. The highest BCUT2D eigenvalue weighted by Gasteiger charge is 2.05. The highest BCUT2D eigenvalue weighted by atomic mass is 32.1. The molecule has 0 amide bonds. The summed E-state index contributed by atoms with van der Waals surface area (Å²) in [7, 11) is 4.06. The van der Waals surface area contributed by atoms with Crippen LogP contribution in [0.5, 0.6) is 0 Å². The fourth-order valence-electron chi connectivity index (χ4n) is 1.80. The Morgan fingerprint density at radius 1 is 1.35 bits per heavy atom. The third-order valence-electron chi connectivity index (χ3n) is 2.56. The second-order valence-electron chi connectivity index (χ2n) is 4.27. The van der Waals surface area contributed by atoms with Crippen LogP contribution < -0.4 is 5.73 Å². The fourth-order valence-corrected chi connectivity index (χ4v) is 2.78. The van der Waals surface area contributed by atoms with Crippen LogP contribution in [0.15, 0.2) is 24.5 Å². The van der Waals surface area contributed by atoms with Crippen LogP contribution in [0.4, 0.5) is 0 Å². The summed E-state index contributed by atoms with van der Waals surface area (Å²) in [6, 6.07) is 4.27. The van der Waals surface area contributed by atoms with Gasteiger partial charge < -0.3 is 5.73 Å². The van der Waals surface area contributed by atoms with Gasteiger partial charge in [0.1, 0.15) is 0 Å². The molecule has 0 saturated heterocycles. The third-order valence-corrected chi connectivity index (χ3v) is 3.65. The third kappa shape index (κ3) is 3.39. The van der Waals surface area contributed by atoms with Crippen LogP contribution in [0.3, 0.4) is 0 Å². The van der Waals surface area contributed by atoms with Gasteiger partial charge in [0.15, 0.2) is 0 Å². The lowest BCUT2D eigenvalue weighted by Gasteiger charge is -2.14. The smallest absolute Gasteiger partial charge is 0.0534 e. The van der Waals surface area contributed by atoms with Crippen LogP contribution in [0.25, 0.3) is 0 Å². The summed E-state index contributed by atoms with van der Waals surface area (Å²) in [4.78, 5) is 4.88. The van der Waals surface area contributed by atoms with Crippen LogP contribution >= 0.6 is 11.3 Å². The minimum Gasteiger partial charge on any atom is -0.326 e. The van der Waals surface area contributed by atoms with E-state index in [4.69, 9.17) is 5.73 Å². The summed E-state index contributed by atoms with van der Waals surface area (Å²) in [5.74, 6) is 0. The number of nitrogens with zero attached hydrogens (tertiary/aromatic N) is 3. The van der Waals surface area contributed by atoms with E-state index in [2.05, 4.69) is 35.4 Å². The molecule has 0 aromatic carbocycles. The maximum Gasteiger partial charge on any atom is 0.0534 e.